The lowest BCUT2D eigenvalue weighted by molar-refractivity contribution is -0.129. The smallest absolute Gasteiger partial charge is 0.349 e. The van der Waals surface area contributed by atoms with Crippen LogP contribution < -0.4 is 0 Å². The molecule has 0 amide bonds. The molecule has 80 valence electrons. The van der Waals surface area contributed by atoms with Crippen LogP contribution in [0.5, 0.6) is 0 Å². The number of aliphatic imine (C=N–C) groups is 1. The molecule has 0 bridgehead atoms. The van der Waals surface area contributed by atoms with Crippen LogP contribution in [0.15, 0.2) is 35.3 Å². The van der Waals surface area contributed by atoms with Crippen molar-refractivity contribution in [2.75, 3.05) is 0 Å². The summed E-state index contributed by atoms with van der Waals surface area (Å²) in [5, 5.41) is 8.84. The van der Waals surface area contributed by atoms with E-state index in [1.54, 1.807) is 6.92 Å². The zero-order valence-electron chi connectivity index (χ0n) is 8.97. The maximum absolute atomic E-state index is 10.8. The maximum atomic E-state index is 10.8. The Morgan fingerprint density at radius 2 is 2.00 bits per heavy atom. The second-order valence-corrected chi connectivity index (χ2v) is 3.32. The molecule has 3 heteroatoms. The first kappa shape index (κ1) is 11.4. The van der Waals surface area contributed by atoms with Crippen LogP contribution in [-0.2, 0) is 4.79 Å². The largest absolute Gasteiger partial charge is 0.477 e. The molecule has 15 heavy (non-hydrogen) atoms. The first-order valence-corrected chi connectivity index (χ1v) is 5.00. The highest BCUT2D eigenvalue weighted by atomic mass is 16.4. The topological polar surface area (TPSA) is 49.7 Å². The molecule has 1 atom stereocenters. The van der Waals surface area contributed by atoms with Crippen molar-refractivity contribution >= 4 is 11.7 Å². The Morgan fingerprint density at radius 1 is 1.40 bits per heavy atom. The predicted octanol–water partition coefficient (Wildman–Crippen LogP) is 2.68. The van der Waals surface area contributed by atoms with E-state index >= 15 is 0 Å². The lowest BCUT2D eigenvalue weighted by atomic mass is 10.1. The van der Waals surface area contributed by atoms with Gasteiger partial charge >= 0.3 is 5.97 Å². The van der Waals surface area contributed by atoms with Gasteiger partial charge in [-0.05, 0) is 18.9 Å². The Morgan fingerprint density at radius 3 is 2.47 bits per heavy atom. The molecule has 0 aromatic heterocycles. The van der Waals surface area contributed by atoms with Crippen LogP contribution >= 0.6 is 0 Å². The highest BCUT2D eigenvalue weighted by Crippen LogP contribution is 2.16. The van der Waals surface area contributed by atoms with Gasteiger partial charge in [0.25, 0.3) is 0 Å². The van der Waals surface area contributed by atoms with Gasteiger partial charge in [0.1, 0.15) is 5.71 Å². The minimum absolute atomic E-state index is 0.0998. The van der Waals surface area contributed by atoms with Crippen LogP contribution in [0.25, 0.3) is 0 Å². The maximum Gasteiger partial charge on any atom is 0.349 e. The highest BCUT2D eigenvalue weighted by molar-refractivity contribution is 6.35. The van der Waals surface area contributed by atoms with E-state index in [1.165, 1.54) is 0 Å². The number of carbonyl (C=O) groups is 1. The van der Waals surface area contributed by atoms with E-state index in [9.17, 15) is 4.79 Å². The quantitative estimate of drug-likeness (QED) is 0.768. The van der Waals surface area contributed by atoms with Crippen molar-refractivity contribution in [1.29, 1.82) is 0 Å². The van der Waals surface area contributed by atoms with Crippen molar-refractivity contribution in [2.45, 2.75) is 26.3 Å². The van der Waals surface area contributed by atoms with Crippen molar-refractivity contribution in [3.63, 3.8) is 0 Å². The second-order valence-electron chi connectivity index (χ2n) is 3.32. The van der Waals surface area contributed by atoms with Gasteiger partial charge in [-0.3, -0.25) is 4.99 Å². The van der Waals surface area contributed by atoms with Crippen LogP contribution in [0.1, 0.15) is 31.9 Å². The van der Waals surface area contributed by atoms with Crippen LogP contribution in [0, 0.1) is 0 Å². The number of hydrogen-bond acceptors (Lipinski definition) is 2. The summed E-state index contributed by atoms with van der Waals surface area (Å²) in [6, 6.07) is 9.57. The van der Waals surface area contributed by atoms with Crippen molar-refractivity contribution in [2.24, 2.45) is 4.99 Å². The van der Waals surface area contributed by atoms with Gasteiger partial charge in [-0.2, -0.15) is 0 Å². The fraction of sp³-hybridized carbons (Fsp3) is 0.333. The molecule has 0 saturated carbocycles. The minimum Gasteiger partial charge on any atom is -0.477 e. The van der Waals surface area contributed by atoms with Crippen LogP contribution in [0.2, 0.25) is 0 Å². The molecular weight excluding hydrogens is 190 g/mol. The first-order chi connectivity index (χ1) is 7.15. The molecule has 1 aromatic carbocycles. The molecule has 0 spiro atoms. The lowest BCUT2D eigenvalue weighted by Gasteiger charge is -2.07. The summed E-state index contributed by atoms with van der Waals surface area (Å²) in [4.78, 5) is 14.9. The molecule has 1 rings (SSSR count). The van der Waals surface area contributed by atoms with E-state index in [2.05, 4.69) is 4.99 Å². The van der Waals surface area contributed by atoms with Crippen LogP contribution in [0.3, 0.4) is 0 Å². The average Bonchev–Trinajstić information content (AvgIpc) is 2.26. The van der Waals surface area contributed by atoms with Gasteiger partial charge in [-0.1, -0.05) is 37.3 Å². The van der Waals surface area contributed by atoms with Gasteiger partial charge in [-0.15, -0.1) is 0 Å². The lowest BCUT2D eigenvalue weighted by Crippen LogP contribution is -2.12. The number of hydrogen-bond donors (Lipinski definition) is 1. The molecular formula is C12H15NO2. The number of carboxylic acid groups (broad SMARTS) is 1. The zero-order valence-corrected chi connectivity index (χ0v) is 8.97. The molecule has 0 heterocycles. The van der Waals surface area contributed by atoms with Gasteiger partial charge in [0.05, 0.1) is 6.04 Å². The zero-order chi connectivity index (χ0) is 11.3. The van der Waals surface area contributed by atoms with Gasteiger partial charge in [-0.25, -0.2) is 4.79 Å². The monoisotopic (exact) mass is 205 g/mol. The Hall–Kier alpha value is -1.64. The van der Waals surface area contributed by atoms with Gasteiger partial charge < -0.3 is 5.11 Å². The average molecular weight is 205 g/mol. The van der Waals surface area contributed by atoms with Gasteiger partial charge in [0.15, 0.2) is 0 Å². The third kappa shape index (κ3) is 3.20. The van der Waals surface area contributed by atoms with Crippen molar-refractivity contribution < 1.29 is 9.90 Å². The van der Waals surface area contributed by atoms with E-state index in [0.717, 1.165) is 5.56 Å². The Kier molecular flexibility index (Phi) is 4.03. The molecule has 3 nitrogen and oxygen atoms in total. The molecule has 0 unspecified atom stereocenters. The molecule has 0 fully saturated rings. The minimum atomic E-state index is -0.930. The summed E-state index contributed by atoms with van der Waals surface area (Å²) in [6.07, 6.45) is 0.451. The van der Waals surface area contributed by atoms with Gasteiger partial charge in [0.2, 0.25) is 0 Å². The van der Waals surface area contributed by atoms with Gasteiger partial charge in [0, 0.05) is 0 Å². The van der Waals surface area contributed by atoms with E-state index in [0.29, 0.717) is 6.42 Å². The van der Waals surface area contributed by atoms with Crippen molar-refractivity contribution in [1.82, 2.24) is 0 Å². The number of benzene rings is 1. The normalized spacial score (nSPS) is 13.6. The Bertz CT molecular complexity index is 357. The molecule has 0 aliphatic heterocycles. The SMILES string of the molecule is CCC(=N[C@H](C)c1ccccc1)C(=O)O. The van der Waals surface area contributed by atoms with Crippen LogP contribution in [-0.4, -0.2) is 16.8 Å². The summed E-state index contributed by atoms with van der Waals surface area (Å²) >= 11 is 0. The summed E-state index contributed by atoms with van der Waals surface area (Å²) in [5.74, 6) is -0.930. The summed E-state index contributed by atoms with van der Waals surface area (Å²) in [7, 11) is 0. The Labute approximate surface area is 89.5 Å². The fourth-order valence-electron chi connectivity index (χ4n) is 1.34. The molecule has 0 saturated heterocycles. The molecule has 1 aromatic rings. The third-order valence-electron chi connectivity index (χ3n) is 2.21. The van der Waals surface area contributed by atoms with E-state index < -0.39 is 5.97 Å². The summed E-state index contributed by atoms with van der Waals surface area (Å²) < 4.78 is 0. The molecule has 1 N–H and O–H groups in total. The number of nitrogens with zero attached hydrogens (tertiary/aromatic N) is 1. The second kappa shape index (κ2) is 5.29. The number of aliphatic carboxylic acids is 1. The van der Waals surface area contributed by atoms with Crippen molar-refractivity contribution in [3.05, 3.63) is 35.9 Å². The van der Waals surface area contributed by atoms with Crippen molar-refractivity contribution in [3.8, 4) is 0 Å². The number of carboxylic acids is 1. The molecule has 0 aliphatic rings. The van der Waals surface area contributed by atoms with E-state index in [-0.39, 0.29) is 11.8 Å². The first-order valence-electron chi connectivity index (χ1n) is 5.00. The summed E-state index contributed by atoms with van der Waals surface area (Å²) in [5.41, 5.74) is 1.26. The summed E-state index contributed by atoms with van der Waals surface area (Å²) in [6.45, 7) is 3.69. The predicted molar refractivity (Wildman–Crippen MR) is 60.2 cm³/mol. The van der Waals surface area contributed by atoms with Crippen LogP contribution in [0.4, 0.5) is 0 Å². The highest BCUT2D eigenvalue weighted by Gasteiger charge is 2.09. The molecule has 0 radical (unpaired) electrons. The standard InChI is InChI=1S/C12H15NO2/c1-3-11(12(14)15)13-9(2)10-7-5-4-6-8-10/h4-9H,3H2,1-2H3,(H,14,15)/t9-/m1/s1. The fourth-order valence-corrected chi connectivity index (χ4v) is 1.34. The molecule has 0 aliphatic carbocycles. The third-order valence-corrected chi connectivity index (χ3v) is 2.21. The van der Waals surface area contributed by atoms with E-state index in [1.807, 2.05) is 37.3 Å². The van der Waals surface area contributed by atoms with E-state index in [4.69, 9.17) is 5.11 Å². The Balaban J connectivity index is 2.86. The number of rotatable bonds is 4.